The molecule has 3 aromatic carbocycles. The summed E-state index contributed by atoms with van der Waals surface area (Å²) >= 11 is 0.807. The number of ketones is 1. The van der Waals surface area contributed by atoms with E-state index in [1.165, 1.54) is 74.7 Å². The second-order valence-electron chi connectivity index (χ2n) is 33.7. The number of unbranched alkanes of at least 4 members (excludes halogenated alkanes) is 2. The number of amides is 16. The Hall–Kier alpha value is -12.8. The molecule has 18 N–H and O–H groups in total. The number of fused-ring (bicyclic) bond motifs is 4. The summed E-state index contributed by atoms with van der Waals surface area (Å²) in [6.07, 6.45) is 4.58. The first-order chi connectivity index (χ1) is 61.5. The molecule has 9 rings (SSSR count). The minimum absolute atomic E-state index is 0.00907. The number of hydrogen-bond donors (Lipinski definition) is 16. The highest BCUT2D eigenvalue weighted by Gasteiger charge is 2.45. The number of primary amides is 2. The van der Waals surface area contributed by atoms with Crippen LogP contribution in [0.4, 0.5) is 0 Å². The highest BCUT2D eigenvalue weighted by molar-refractivity contribution is 8.00. The van der Waals surface area contributed by atoms with Crippen LogP contribution in [0.3, 0.4) is 0 Å². The summed E-state index contributed by atoms with van der Waals surface area (Å²) in [5.41, 5.74) is 14.4. The average molecular weight is 1810 g/mol. The Morgan fingerprint density at radius 3 is 1.80 bits per heavy atom. The molecule has 0 spiro atoms. The fourth-order valence-corrected chi connectivity index (χ4v) is 17.2. The predicted octanol–water partition coefficient (Wildman–Crippen LogP) is -0.0524. The van der Waals surface area contributed by atoms with Gasteiger partial charge in [0.05, 0.1) is 49.4 Å². The van der Waals surface area contributed by atoms with Gasteiger partial charge in [-0.25, -0.2) is 4.98 Å². The molecule has 6 heterocycles. The molecule has 14 atom stereocenters. The van der Waals surface area contributed by atoms with E-state index in [9.17, 15) is 63.0 Å². The Bertz CT molecular complexity index is 5000. The number of Topliss-reactive ketones (excluding diaryl/α,β-unsaturated/α-hetero) is 1. The van der Waals surface area contributed by atoms with Crippen molar-refractivity contribution in [2.45, 2.75) is 229 Å². The zero-order valence-corrected chi connectivity index (χ0v) is 75.1. The van der Waals surface area contributed by atoms with Crippen molar-refractivity contribution in [3.05, 3.63) is 120 Å². The number of aromatic amines is 3. The Labute approximate surface area is 751 Å². The fourth-order valence-electron chi connectivity index (χ4n) is 16.4. The number of phenolic OH excluding ortho intramolecular Hbond substituents is 1. The van der Waals surface area contributed by atoms with Gasteiger partial charge in [-0.3, -0.25) is 81.5 Å². The monoisotopic (exact) mass is 1810 g/mol. The van der Waals surface area contributed by atoms with Crippen LogP contribution in [-0.2, 0) is 107 Å². The molecule has 40 heteroatoms. The normalized spacial score (nSPS) is 24.9. The van der Waals surface area contributed by atoms with E-state index in [0.29, 0.717) is 64.2 Å². The number of H-pyrrole nitrogens is 3. The molecule has 3 saturated heterocycles. The van der Waals surface area contributed by atoms with E-state index in [1.54, 1.807) is 51.4 Å². The van der Waals surface area contributed by atoms with Gasteiger partial charge in [-0.15, -0.1) is 11.8 Å². The summed E-state index contributed by atoms with van der Waals surface area (Å²) in [7, 11) is 4.05. The predicted molar refractivity (Wildman–Crippen MR) is 476 cm³/mol. The van der Waals surface area contributed by atoms with E-state index in [2.05, 4.69) is 67.8 Å². The number of aromatic nitrogens is 4. The molecule has 0 radical (unpaired) electrons. The maximum absolute atomic E-state index is 15.7. The Kier molecular flexibility index (Phi) is 36.7. The SMILES string of the molecule is CCCC[C@H]1C(=O)N(C)[C@@H](CCCC)C(=O)N[C@@H](CC(C)C)C(=O)N[C@H](C(=O)NCC(N)=O)CSCC(=O)N[C@@H](Cc2ccc(O)cc2)C(=O)N(C)[C@@H](C)C(=O)N[C@@H](CC(N)=O)C(=O)N2CCC[C@H]2C(=O)N[C@@H](Cc2c[nH]cn2)C(=O)NCC(=O)N2C[C@H](O)C[C@H]2C(=O)C[C@@H](Cc2c[nH]c3ccccc23)C(=O)N[C@@H](CC)C(=O)N[C@@H](Cc2c[nH]c3ccccc23)C(=O)N1C. The molecule has 16 amide bonds. The number of phenols is 1. The first-order valence-corrected chi connectivity index (χ1v) is 44.9. The molecule has 0 saturated carbocycles. The number of carbonyl (C=O) groups excluding carboxylic acids is 17. The van der Waals surface area contributed by atoms with Crippen molar-refractivity contribution in [1.29, 1.82) is 0 Å². The van der Waals surface area contributed by atoms with E-state index < -0.39 is 217 Å². The lowest BCUT2D eigenvalue weighted by Crippen LogP contribution is -2.60. The number of nitrogens with one attached hydrogen (secondary N) is 12. The van der Waals surface area contributed by atoms with E-state index in [-0.39, 0.29) is 107 Å². The van der Waals surface area contributed by atoms with E-state index in [0.717, 1.165) is 26.5 Å². The first-order valence-electron chi connectivity index (χ1n) is 43.8. The maximum atomic E-state index is 15.7. The number of nitrogens with two attached hydrogens (primary N) is 2. The molecule has 0 aliphatic carbocycles. The number of aliphatic hydroxyl groups excluding tert-OH is 1. The quantitative estimate of drug-likeness (QED) is 0.0424. The number of benzene rings is 3. The van der Waals surface area contributed by atoms with Crippen molar-refractivity contribution in [3.8, 4) is 5.75 Å². The third-order valence-corrected chi connectivity index (χ3v) is 24.7. The largest absolute Gasteiger partial charge is 0.508 e. The minimum atomic E-state index is -1.75. The van der Waals surface area contributed by atoms with Gasteiger partial charge in [0.2, 0.25) is 94.5 Å². The third-order valence-electron chi connectivity index (χ3n) is 23.7. The summed E-state index contributed by atoms with van der Waals surface area (Å²) in [5, 5.41) is 46.9. The van der Waals surface area contributed by atoms with Crippen molar-refractivity contribution in [2.75, 3.05) is 58.8 Å². The van der Waals surface area contributed by atoms with Crippen LogP contribution in [0.15, 0.2) is 97.7 Å². The lowest BCUT2D eigenvalue weighted by Gasteiger charge is -2.36. The van der Waals surface area contributed by atoms with Gasteiger partial charge >= 0.3 is 0 Å². The number of rotatable bonds is 22. The van der Waals surface area contributed by atoms with Gasteiger partial charge in [-0.1, -0.05) is 109 Å². The van der Waals surface area contributed by atoms with Crippen LogP contribution in [0.1, 0.15) is 147 Å². The Morgan fingerprint density at radius 1 is 0.589 bits per heavy atom. The fraction of sp³-hybridized carbons (Fsp3) is 0.528. The number of imidazole rings is 1. The maximum Gasteiger partial charge on any atom is 0.246 e. The van der Waals surface area contributed by atoms with E-state index in [4.69, 9.17) is 11.5 Å². The van der Waals surface area contributed by atoms with Crippen LogP contribution < -0.4 is 59.3 Å². The van der Waals surface area contributed by atoms with E-state index >= 15 is 28.8 Å². The number of nitrogens with zero attached hydrogens (tertiary/aromatic N) is 6. The zero-order valence-electron chi connectivity index (χ0n) is 74.2. The van der Waals surface area contributed by atoms with Gasteiger partial charge in [0.1, 0.15) is 72.2 Å². The molecule has 3 aromatic heterocycles. The number of carbonyl (C=O) groups is 17. The summed E-state index contributed by atoms with van der Waals surface area (Å²) in [6.45, 7) is 8.28. The van der Waals surface area contributed by atoms with Crippen molar-refractivity contribution in [2.24, 2.45) is 23.3 Å². The first kappa shape index (κ1) is 100. The lowest BCUT2D eigenvalue weighted by atomic mass is 9.90. The summed E-state index contributed by atoms with van der Waals surface area (Å²) < 4.78 is 0. The molecular formula is C89H122N20O19S. The third kappa shape index (κ3) is 27.4. The van der Waals surface area contributed by atoms with Crippen LogP contribution >= 0.6 is 11.8 Å². The smallest absolute Gasteiger partial charge is 0.246 e. The van der Waals surface area contributed by atoms with Crippen molar-refractivity contribution in [3.63, 3.8) is 0 Å². The van der Waals surface area contributed by atoms with Gasteiger partial charge in [0.15, 0.2) is 5.78 Å². The molecule has 129 heavy (non-hydrogen) atoms. The molecule has 39 nitrogen and oxygen atoms in total. The Balaban J connectivity index is 1.07. The molecule has 0 bridgehead atoms. The number of aliphatic hydroxyl groups is 1. The average Bonchev–Trinajstić information content (AvgIpc) is 1.80. The Morgan fingerprint density at radius 2 is 1.18 bits per heavy atom. The van der Waals surface area contributed by atoms with Gasteiger partial charge in [0, 0.05) is 118 Å². The van der Waals surface area contributed by atoms with Gasteiger partial charge < -0.3 is 109 Å². The zero-order chi connectivity index (χ0) is 94.0. The summed E-state index contributed by atoms with van der Waals surface area (Å²) in [4.78, 5) is 267. The standard InChI is InChI=1S/C89H122N20O19S/c1-10-13-24-69-84(123)100-63(32-49(4)5)83(122)104-68(81(120)95-43-75(91)114)46-129-47-76(115)98-65(33-51-27-29-56(110)30-28-51)86(125)105(7)50(6)78(117)102-67(39-74(90)113)88(127)108-31-19-26-70(108)85(124)101-64(37-55-42-92-48-97-55)80(119)96-44-77(116)109-45-57(111)38-72(109)73(112)36-52(34-53-40-93-61-22-17-15-20-58(53)61)79(118)99-60(12-3)82(121)103-66(35-54-41-94-62-23-18-16-21-59(54)62)87(126)107(9)71(25-14-11-2)89(128)106(69)8/h15-18,20-23,27-30,40-42,48-50,52,57,60,63-72,93-94,110-111H,10-14,19,24-26,31-39,43-47H2,1-9H3,(H2,90,113)(H2,91,114)(H,92,97)(H,95,120)(H,96,119)(H,98,115)(H,99,118)(H,100,123)(H,101,124)(H,102,117)(H,103,121)(H,104,122)/t50-,52+,57+,60-,63-,64-,65-,66-,67-,68-,69-,70-,71-,72-/m0/s1. The molecular weight excluding hydrogens is 1690 g/mol. The summed E-state index contributed by atoms with van der Waals surface area (Å²) in [6, 6.07) is 2.83. The summed E-state index contributed by atoms with van der Waals surface area (Å²) in [5.74, 6) is -17.1. The van der Waals surface area contributed by atoms with Crippen LogP contribution in [0.5, 0.6) is 5.75 Å². The molecule has 0 unspecified atom stereocenters. The number of aromatic hydroxyl groups is 1. The van der Waals surface area contributed by atoms with Gasteiger partial charge in [0.25, 0.3) is 0 Å². The lowest BCUT2D eigenvalue weighted by molar-refractivity contribution is -0.149. The second kappa shape index (κ2) is 47.3. The minimum Gasteiger partial charge on any atom is -0.508 e. The molecule has 3 aliphatic rings. The number of hydrogen-bond acceptors (Lipinski definition) is 21. The number of thioether (sulfide) groups is 1. The number of likely N-dealkylation sites (N-methyl/N-ethyl adjacent to an activating group) is 3. The second-order valence-corrected chi connectivity index (χ2v) is 34.8. The van der Waals surface area contributed by atoms with Gasteiger partial charge in [-0.05, 0) is 98.7 Å². The molecule has 6 aromatic rings. The van der Waals surface area contributed by atoms with Gasteiger partial charge in [-0.2, -0.15) is 0 Å². The van der Waals surface area contributed by atoms with Crippen molar-refractivity contribution >= 4 is 134 Å². The molecule has 3 aliphatic heterocycles. The highest BCUT2D eigenvalue weighted by Crippen LogP contribution is 2.29. The topological polar surface area (TPSA) is 567 Å². The molecule has 3 fully saturated rings. The van der Waals surface area contributed by atoms with Crippen molar-refractivity contribution < 1.29 is 91.7 Å². The van der Waals surface area contributed by atoms with E-state index in [1.807, 2.05) is 44.2 Å². The number of para-hydroxylation sites is 2. The van der Waals surface area contributed by atoms with Crippen molar-refractivity contribution in [1.82, 2.24) is 92.3 Å². The highest BCUT2D eigenvalue weighted by atomic mass is 32.2. The van der Waals surface area contributed by atoms with Crippen LogP contribution in [-0.4, -0.2) is 292 Å². The molecule has 698 valence electrons. The van der Waals surface area contributed by atoms with Crippen LogP contribution in [0.25, 0.3) is 21.8 Å². The van der Waals surface area contributed by atoms with Crippen LogP contribution in [0.2, 0.25) is 0 Å². The van der Waals surface area contributed by atoms with Crippen LogP contribution in [0, 0.1) is 11.8 Å².